The summed E-state index contributed by atoms with van der Waals surface area (Å²) in [5.41, 5.74) is 7.47. The van der Waals surface area contributed by atoms with Crippen LogP contribution < -0.4 is 10.9 Å². The van der Waals surface area contributed by atoms with Crippen molar-refractivity contribution in [3.63, 3.8) is 0 Å². The molecule has 0 unspecified atom stereocenters. The fourth-order valence-electron chi connectivity index (χ4n) is 2.84. The molecule has 22 heavy (non-hydrogen) atoms. The predicted molar refractivity (Wildman–Crippen MR) is 85.9 cm³/mol. The van der Waals surface area contributed by atoms with Gasteiger partial charge < -0.3 is 4.98 Å². The Hall–Kier alpha value is -2.41. The molecule has 0 saturated carbocycles. The van der Waals surface area contributed by atoms with Crippen LogP contribution in [0.3, 0.4) is 0 Å². The predicted octanol–water partition coefficient (Wildman–Crippen LogP) is 2.66. The van der Waals surface area contributed by atoms with Crippen LogP contribution in [0.1, 0.15) is 33.8 Å². The zero-order valence-corrected chi connectivity index (χ0v) is 12.7. The van der Waals surface area contributed by atoms with Crippen molar-refractivity contribution in [3.05, 3.63) is 40.8 Å². The van der Waals surface area contributed by atoms with E-state index in [1.165, 1.54) is 29.6 Å². The van der Waals surface area contributed by atoms with Gasteiger partial charge in [-0.25, -0.2) is 9.97 Å². The number of fused-ring (bicyclic) bond motifs is 3. The van der Waals surface area contributed by atoms with Crippen molar-refractivity contribution in [1.82, 2.24) is 20.4 Å². The topological polar surface area (TPSA) is 82.7 Å². The second kappa shape index (κ2) is 5.42. The highest BCUT2D eigenvalue weighted by Gasteiger charge is 2.20. The summed E-state index contributed by atoms with van der Waals surface area (Å²) in [4.78, 5) is 25.9. The van der Waals surface area contributed by atoms with Gasteiger partial charge >= 0.3 is 0 Å². The monoisotopic (exact) mass is 313 g/mol. The maximum Gasteiger partial charge on any atom is 0.286 e. The molecule has 3 aromatic rings. The Morgan fingerprint density at radius 2 is 2.18 bits per heavy atom. The summed E-state index contributed by atoms with van der Waals surface area (Å²) in [5.74, 6) is 0.449. The quantitative estimate of drug-likeness (QED) is 0.649. The minimum Gasteiger partial charge on any atom is -0.357 e. The van der Waals surface area contributed by atoms with Crippen molar-refractivity contribution in [2.45, 2.75) is 25.7 Å². The van der Waals surface area contributed by atoms with Gasteiger partial charge in [0.1, 0.15) is 16.9 Å². The number of rotatable bonds is 3. The number of carbonyl (C=O) groups is 1. The Bertz CT molecular complexity index is 824. The van der Waals surface area contributed by atoms with E-state index < -0.39 is 0 Å². The van der Waals surface area contributed by atoms with E-state index >= 15 is 0 Å². The van der Waals surface area contributed by atoms with E-state index in [0.29, 0.717) is 11.5 Å². The van der Waals surface area contributed by atoms with E-state index in [2.05, 4.69) is 25.8 Å². The second-order valence-electron chi connectivity index (χ2n) is 5.28. The van der Waals surface area contributed by atoms with E-state index in [1.807, 2.05) is 0 Å². The van der Waals surface area contributed by atoms with Gasteiger partial charge in [-0.05, 0) is 43.4 Å². The van der Waals surface area contributed by atoms with Crippen molar-refractivity contribution in [1.29, 1.82) is 0 Å². The molecule has 0 fully saturated rings. The third kappa shape index (κ3) is 2.23. The number of aromatic nitrogens is 3. The van der Waals surface area contributed by atoms with Crippen LogP contribution in [0.15, 0.2) is 24.7 Å². The molecule has 3 aromatic heterocycles. The average molecular weight is 313 g/mol. The first-order valence-electron chi connectivity index (χ1n) is 7.28. The van der Waals surface area contributed by atoms with Gasteiger partial charge in [-0.15, -0.1) is 11.3 Å². The zero-order valence-electron chi connectivity index (χ0n) is 11.8. The molecule has 3 N–H and O–H groups in total. The molecule has 0 atom stereocenters. The fourth-order valence-corrected chi connectivity index (χ4v) is 4.07. The maximum absolute atomic E-state index is 12.0. The van der Waals surface area contributed by atoms with E-state index in [1.54, 1.807) is 29.7 Å². The van der Waals surface area contributed by atoms with Crippen LogP contribution in [0.5, 0.6) is 0 Å². The SMILES string of the molecule is O=C(NNc1ncnc2sc3c(c12)CCCC3)c1ccc[nH]1. The summed E-state index contributed by atoms with van der Waals surface area (Å²) in [6.45, 7) is 0. The Labute approximate surface area is 131 Å². The third-order valence-electron chi connectivity index (χ3n) is 3.89. The molecule has 1 amide bonds. The Morgan fingerprint density at radius 3 is 3.05 bits per heavy atom. The highest BCUT2D eigenvalue weighted by atomic mass is 32.1. The molecule has 0 saturated heterocycles. The zero-order chi connectivity index (χ0) is 14.9. The number of H-pyrrole nitrogens is 1. The molecule has 6 nitrogen and oxygen atoms in total. The van der Waals surface area contributed by atoms with Crippen LogP contribution in [0.4, 0.5) is 5.82 Å². The van der Waals surface area contributed by atoms with E-state index in [0.717, 1.165) is 23.1 Å². The lowest BCUT2D eigenvalue weighted by Gasteiger charge is -2.12. The van der Waals surface area contributed by atoms with Crippen molar-refractivity contribution in [2.24, 2.45) is 0 Å². The van der Waals surface area contributed by atoms with Crippen molar-refractivity contribution < 1.29 is 4.79 Å². The van der Waals surface area contributed by atoms with Gasteiger partial charge in [0, 0.05) is 11.1 Å². The number of hydrogen-bond donors (Lipinski definition) is 3. The van der Waals surface area contributed by atoms with Crippen LogP contribution in [0.2, 0.25) is 0 Å². The summed E-state index contributed by atoms with van der Waals surface area (Å²) in [7, 11) is 0. The average Bonchev–Trinajstić information content (AvgIpc) is 3.19. The molecular weight excluding hydrogens is 298 g/mol. The minimum atomic E-state index is -0.221. The Morgan fingerprint density at radius 1 is 1.27 bits per heavy atom. The number of nitrogens with zero attached hydrogens (tertiary/aromatic N) is 2. The number of hydrazine groups is 1. The van der Waals surface area contributed by atoms with E-state index in [9.17, 15) is 4.79 Å². The smallest absolute Gasteiger partial charge is 0.286 e. The van der Waals surface area contributed by atoms with Gasteiger partial charge in [-0.3, -0.25) is 15.6 Å². The summed E-state index contributed by atoms with van der Waals surface area (Å²) in [6, 6.07) is 3.51. The lowest BCUT2D eigenvalue weighted by atomic mass is 9.97. The largest absolute Gasteiger partial charge is 0.357 e. The minimum absolute atomic E-state index is 0.221. The molecule has 7 heteroatoms. The summed E-state index contributed by atoms with van der Waals surface area (Å²) in [5, 5.41) is 1.05. The lowest BCUT2D eigenvalue weighted by molar-refractivity contribution is 0.0958. The van der Waals surface area contributed by atoms with Crippen molar-refractivity contribution in [2.75, 3.05) is 5.43 Å². The molecule has 112 valence electrons. The molecule has 4 rings (SSSR count). The number of anilines is 1. The van der Waals surface area contributed by atoms with Gasteiger partial charge in [0.15, 0.2) is 5.82 Å². The van der Waals surface area contributed by atoms with Crippen LogP contribution in [0, 0.1) is 0 Å². The molecule has 3 heterocycles. The summed E-state index contributed by atoms with van der Waals surface area (Å²) >= 11 is 1.74. The second-order valence-corrected chi connectivity index (χ2v) is 6.36. The molecule has 1 aliphatic rings. The number of aromatic amines is 1. The van der Waals surface area contributed by atoms with Gasteiger partial charge in [-0.2, -0.15) is 0 Å². The van der Waals surface area contributed by atoms with Gasteiger partial charge in [0.05, 0.1) is 5.39 Å². The molecule has 0 aliphatic heterocycles. The number of amides is 1. The van der Waals surface area contributed by atoms with Gasteiger partial charge in [0.2, 0.25) is 0 Å². The number of nitrogens with one attached hydrogen (secondary N) is 3. The summed E-state index contributed by atoms with van der Waals surface area (Å²) < 4.78 is 0. The van der Waals surface area contributed by atoms with Crippen LogP contribution in [-0.2, 0) is 12.8 Å². The van der Waals surface area contributed by atoms with Crippen LogP contribution >= 0.6 is 11.3 Å². The summed E-state index contributed by atoms with van der Waals surface area (Å²) in [6.07, 6.45) is 7.86. The number of carbonyl (C=O) groups excluding carboxylic acids is 1. The fraction of sp³-hybridized carbons (Fsp3) is 0.267. The van der Waals surface area contributed by atoms with E-state index in [4.69, 9.17) is 0 Å². The number of hydrogen-bond acceptors (Lipinski definition) is 5. The van der Waals surface area contributed by atoms with Gasteiger partial charge in [0.25, 0.3) is 5.91 Å². The molecule has 0 radical (unpaired) electrons. The van der Waals surface area contributed by atoms with E-state index in [-0.39, 0.29) is 5.91 Å². The molecule has 1 aliphatic carbocycles. The molecule has 0 aromatic carbocycles. The van der Waals surface area contributed by atoms with Crippen molar-refractivity contribution in [3.8, 4) is 0 Å². The van der Waals surface area contributed by atoms with Crippen molar-refractivity contribution >= 4 is 33.3 Å². The first-order chi connectivity index (χ1) is 10.8. The standard InChI is InChI=1S/C15H15N5OS/c21-14(10-5-3-7-16-10)20-19-13-12-9-4-1-2-6-11(9)22-15(12)18-8-17-13/h3,5,7-8,16H,1-2,4,6H2,(H,20,21)(H,17,18,19). The number of aryl methyl sites for hydroxylation is 2. The lowest BCUT2D eigenvalue weighted by Crippen LogP contribution is -2.30. The molecular formula is C15H15N5OS. The normalized spacial score (nSPS) is 13.8. The highest BCUT2D eigenvalue weighted by molar-refractivity contribution is 7.19. The third-order valence-corrected chi connectivity index (χ3v) is 5.09. The van der Waals surface area contributed by atoms with Gasteiger partial charge in [-0.1, -0.05) is 0 Å². The van der Waals surface area contributed by atoms with Crippen LogP contribution in [-0.4, -0.2) is 20.9 Å². The first-order valence-corrected chi connectivity index (χ1v) is 8.09. The molecule has 0 bridgehead atoms. The first kappa shape index (κ1) is 13.3. The number of thiophene rings is 1. The Balaban J connectivity index is 1.64. The highest BCUT2D eigenvalue weighted by Crippen LogP contribution is 2.37. The Kier molecular flexibility index (Phi) is 3.27. The van der Waals surface area contributed by atoms with Crippen LogP contribution in [0.25, 0.3) is 10.2 Å². The maximum atomic E-state index is 12.0. The molecule has 0 spiro atoms.